The Morgan fingerprint density at radius 1 is 1.10 bits per heavy atom. The number of nitrogen functional groups attached to an aromatic ring is 1. The molecule has 0 saturated carbocycles. The highest BCUT2D eigenvalue weighted by molar-refractivity contribution is 7.18. The zero-order valence-corrected chi connectivity index (χ0v) is 13.0. The third-order valence-electron chi connectivity index (χ3n) is 3.43. The number of hydrogen-bond donors (Lipinski definition) is 2. The van der Waals surface area contributed by atoms with Crippen LogP contribution in [0.4, 0.5) is 17.5 Å². The highest BCUT2D eigenvalue weighted by Crippen LogP contribution is 2.31. The maximum absolute atomic E-state index is 5.82. The van der Waals surface area contributed by atoms with Crippen molar-refractivity contribution in [1.29, 1.82) is 0 Å². The van der Waals surface area contributed by atoms with Crippen molar-refractivity contribution in [3.05, 3.63) is 40.8 Å². The molecule has 0 aliphatic carbocycles. The van der Waals surface area contributed by atoms with Gasteiger partial charge in [-0.15, -0.1) is 11.3 Å². The van der Waals surface area contributed by atoms with Gasteiger partial charge in [-0.2, -0.15) is 4.98 Å². The van der Waals surface area contributed by atoms with Crippen LogP contribution in [0.5, 0.6) is 0 Å². The molecule has 108 valence electrons. The van der Waals surface area contributed by atoms with E-state index in [0.717, 1.165) is 34.6 Å². The summed E-state index contributed by atoms with van der Waals surface area (Å²) in [5.41, 5.74) is 8.15. The minimum Gasteiger partial charge on any atom is -0.368 e. The number of fused-ring (bicyclic) bond motifs is 1. The number of nitrogens with two attached hydrogens (primary N) is 1. The van der Waals surface area contributed by atoms with Gasteiger partial charge in [0.25, 0.3) is 0 Å². The van der Waals surface area contributed by atoms with Crippen molar-refractivity contribution in [1.82, 2.24) is 9.97 Å². The molecule has 3 aromatic rings. The molecular weight excluding hydrogens is 280 g/mol. The highest BCUT2D eigenvalue weighted by atomic mass is 32.1. The average molecular weight is 298 g/mol. The zero-order chi connectivity index (χ0) is 14.8. The summed E-state index contributed by atoms with van der Waals surface area (Å²) in [7, 11) is 0. The van der Waals surface area contributed by atoms with E-state index in [1.54, 1.807) is 11.3 Å². The third kappa shape index (κ3) is 2.83. The largest absolute Gasteiger partial charge is 0.368 e. The van der Waals surface area contributed by atoms with Crippen molar-refractivity contribution in [3.63, 3.8) is 0 Å². The molecule has 21 heavy (non-hydrogen) atoms. The van der Waals surface area contributed by atoms with Crippen LogP contribution in [-0.4, -0.2) is 9.97 Å². The van der Waals surface area contributed by atoms with Gasteiger partial charge in [-0.25, -0.2) is 4.98 Å². The fraction of sp³-hybridized carbons (Fsp3) is 0.250. The average Bonchev–Trinajstić information content (AvgIpc) is 2.91. The Morgan fingerprint density at radius 3 is 2.52 bits per heavy atom. The summed E-state index contributed by atoms with van der Waals surface area (Å²) in [6.07, 6.45) is 2.03. The van der Waals surface area contributed by atoms with Gasteiger partial charge >= 0.3 is 0 Å². The van der Waals surface area contributed by atoms with E-state index in [-0.39, 0.29) is 0 Å². The van der Waals surface area contributed by atoms with Crippen molar-refractivity contribution >= 4 is 39.0 Å². The molecule has 0 amide bonds. The van der Waals surface area contributed by atoms with Crippen LogP contribution in [-0.2, 0) is 12.8 Å². The number of hydrogen-bond acceptors (Lipinski definition) is 5. The Kier molecular flexibility index (Phi) is 3.75. The van der Waals surface area contributed by atoms with E-state index >= 15 is 0 Å². The second-order valence-electron chi connectivity index (χ2n) is 4.89. The third-order valence-corrected chi connectivity index (χ3v) is 4.61. The van der Waals surface area contributed by atoms with E-state index in [2.05, 4.69) is 59.5 Å². The van der Waals surface area contributed by atoms with Crippen molar-refractivity contribution in [2.45, 2.75) is 26.7 Å². The molecule has 0 aliphatic rings. The molecule has 2 heterocycles. The zero-order valence-electron chi connectivity index (χ0n) is 12.2. The molecule has 0 atom stereocenters. The van der Waals surface area contributed by atoms with Gasteiger partial charge in [0.05, 0.1) is 5.39 Å². The minimum atomic E-state index is 0.305. The second kappa shape index (κ2) is 5.69. The maximum Gasteiger partial charge on any atom is 0.223 e. The Balaban J connectivity index is 2.00. The topological polar surface area (TPSA) is 63.8 Å². The second-order valence-corrected chi connectivity index (χ2v) is 6.01. The van der Waals surface area contributed by atoms with Gasteiger partial charge in [0.15, 0.2) is 0 Å². The van der Waals surface area contributed by atoms with E-state index in [4.69, 9.17) is 5.73 Å². The standard InChI is InChI=1S/C16H18N4S/c1-3-10-5-7-11(8-6-10)18-14-13-9-12(4-2)21-15(13)20-16(17)19-14/h5-9H,3-4H2,1-2H3,(H3,17,18,19,20). The first-order valence-corrected chi connectivity index (χ1v) is 7.93. The number of rotatable bonds is 4. The molecule has 3 rings (SSSR count). The SMILES string of the molecule is CCc1ccc(Nc2nc(N)nc3sc(CC)cc23)cc1. The lowest BCUT2D eigenvalue weighted by Crippen LogP contribution is -2.00. The van der Waals surface area contributed by atoms with Gasteiger partial charge in [0.1, 0.15) is 10.6 Å². The van der Waals surface area contributed by atoms with Crippen LogP contribution in [0.25, 0.3) is 10.2 Å². The molecule has 3 N–H and O–H groups in total. The molecule has 0 saturated heterocycles. The maximum atomic E-state index is 5.82. The van der Waals surface area contributed by atoms with Gasteiger partial charge in [-0.05, 0) is 36.6 Å². The van der Waals surface area contributed by atoms with Crippen LogP contribution < -0.4 is 11.1 Å². The van der Waals surface area contributed by atoms with Gasteiger partial charge < -0.3 is 11.1 Å². The summed E-state index contributed by atoms with van der Waals surface area (Å²) < 4.78 is 0. The molecule has 2 aromatic heterocycles. The molecule has 0 bridgehead atoms. The Bertz CT molecular complexity index is 762. The predicted molar refractivity (Wildman–Crippen MR) is 90.3 cm³/mol. The number of aromatic nitrogens is 2. The summed E-state index contributed by atoms with van der Waals surface area (Å²) >= 11 is 1.67. The first-order valence-electron chi connectivity index (χ1n) is 7.11. The Morgan fingerprint density at radius 2 is 1.86 bits per heavy atom. The lowest BCUT2D eigenvalue weighted by Gasteiger charge is -2.08. The summed E-state index contributed by atoms with van der Waals surface area (Å²) in [5.74, 6) is 1.08. The molecule has 0 aliphatic heterocycles. The molecule has 1 aromatic carbocycles. The van der Waals surface area contributed by atoms with E-state index in [0.29, 0.717) is 5.95 Å². The molecule has 0 unspecified atom stereocenters. The lowest BCUT2D eigenvalue weighted by atomic mass is 10.1. The van der Waals surface area contributed by atoms with Gasteiger partial charge in [0, 0.05) is 10.6 Å². The van der Waals surface area contributed by atoms with Crippen LogP contribution >= 0.6 is 11.3 Å². The van der Waals surface area contributed by atoms with Crippen LogP contribution in [0.1, 0.15) is 24.3 Å². The molecule has 4 nitrogen and oxygen atoms in total. The van der Waals surface area contributed by atoms with E-state index < -0.39 is 0 Å². The summed E-state index contributed by atoms with van der Waals surface area (Å²) in [4.78, 5) is 10.9. The first-order chi connectivity index (χ1) is 10.2. The van der Waals surface area contributed by atoms with Crippen LogP contribution in [0.3, 0.4) is 0 Å². The van der Waals surface area contributed by atoms with E-state index in [1.807, 2.05) is 0 Å². The Hall–Kier alpha value is -2.14. The predicted octanol–water partition coefficient (Wildman–Crippen LogP) is 4.14. The number of anilines is 3. The number of thiophene rings is 1. The van der Waals surface area contributed by atoms with E-state index in [1.165, 1.54) is 10.4 Å². The quantitative estimate of drug-likeness (QED) is 0.759. The van der Waals surface area contributed by atoms with Crippen LogP contribution in [0, 0.1) is 0 Å². The fourth-order valence-corrected chi connectivity index (χ4v) is 3.19. The van der Waals surface area contributed by atoms with Crippen LogP contribution in [0.2, 0.25) is 0 Å². The van der Waals surface area contributed by atoms with Crippen LogP contribution in [0.15, 0.2) is 30.3 Å². The Labute approximate surface area is 128 Å². The molecule has 0 fully saturated rings. The molecular formula is C16H18N4S. The summed E-state index contributed by atoms with van der Waals surface area (Å²) in [6.45, 7) is 4.28. The summed E-state index contributed by atoms with van der Waals surface area (Å²) in [6, 6.07) is 10.5. The monoisotopic (exact) mass is 298 g/mol. The number of benzene rings is 1. The van der Waals surface area contributed by atoms with Gasteiger partial charge in [-0.3, -0.25) is 0 Å². The first kappa shape index (κ1) is 13.8. The smallest absolute Gasteiger partial charge is 0.223 e. The molecule has 0 radical (unpaired) electrons. The minimum absolute atomic E-state index is 0.305. The number of nitrogens with one attached hydrogen (secondary N) is 1. The van der Waals surface area contributed by atoms with Crippen molar-refractivity contribution in [2.75, 3.05) is 11.1 Å². The summed E-state index contributed by atoms with van der Waals surface area (Å²) in [5, 5.41) is 4.39. The normalized spacial score (nSPS) is 11.0. The number of nitrogens with zero attached hydrogens (tertiary/aromatic N) is 2. The lowest BCUT2D eigenvalue weighted by molar-refractivity contribution is 1.14. The van der Waals surface area contributed by atoms with E-state index in [9.17, 15) is 0 Å². The van der Waals surface area contributed by atoms with Gasteiger partial charge in [-0.1, -0.05) is 26.0 Å². The number of aryl methyl sites for hydroxylation is 2. The van der Waals surface area contributed by atoms with Crippen molar-refractivity contribution < 1.29 is 0 Å². The molecule has 0 spiro atoms. The van der Waals surface area contributed by atoms with Gasteiger partial charge in [0.2, 0.25) is 5.95 Å². The van der Waals surface area contributed by atoms with Crippen molar-refractivity contribution in [2.24, 2.45) is 0 Å². The van der Waals surface area contributed by atoms with Crippen molar-refractivity contribution in [3.8, 4) is 0 Å². The highest BCUT2D eigenvalue weighted by Gasteiger charge is 2.10. The molecule has 5 heteroatoms. The fourth-order valence-electron chi connectivity index (χ4n) is 2.22.